The van der Waals surface area contributed by atoms with Crippen LogP contribution in [0.15, 0.2) is 24.3 Å². The Morgan fingerprint density at radius 2 is 2.06 bits per heavy atom. The Balaban J connectivity index is 2.60. The smallest absolute Gasteiger partial charge is 0.318 e. The standard InChI is InChI=1S/C14H21ClN2O/c1-5-17(14(2,3)4)13(18)16-10-11-7-6-8-12(15)9-11/h6-9H,5,10H2,1-4H3,(H,16,18). The van der Waals surface area contributed by atoms with Crippen molar-refractivity contribution in [1.82, 2.24) is 10.2 Å². The summed E-state index contributed by atoms with van der Waals surface area (Å²) in [5, 5.41) is 3.60. The molecule has 0 aromatic heterocycles. The fraction of sp³-hybridized carbons (Fsp3) is 0.500. The summed E-state index contributed by atoms with van der Waals surface area (Å²) < 4.78 is 0. The number of amides is 2. The van der Waals surface area contributed by atoms with Crippen molar-refractivity contribution in [3.8, 4) is 0 Å². The number of urea groups is 1. The van der Waals surface area contributed by atoms with Crippen LogP contribution in [0.3, 0.4) is 0 Å². The van der Waals surface area contributed by atoms with Gasteiger partial charge in [-0.25, -0.2) is 4.79 Å². The lowest BCUT2D eigenvalue weighted by atomic mass is 10.1. The Morgan fingerprint density at radius 3 is 2.56 bits per heavy atom. The van der Waals surface area contributed by atoms with Gasteiger partial charge in [-0.1, -0.05) is 23.7 Å². The van der Waals surface area contributed by atoms with E-state index in [0.717, 1.165) is 5.56 Å². The van der Waals surface area contributed by atoms with E-state index in [9.17, 15) is 4.79 Å². The zero-order valence-corrected chi connectivity index (χ0v) is 12.2. The number of nitrogens with one attached hydrogen (secondary N) is 1. The van der Waals surface area contributed by atoms with Crippen LogP contribution in [-0.2, 0) is 6.54 Å². The maximum atomic E-state index is 12.1. The van der Waals surface area contributed by atoms with Gasteiger partial charge in [0.1, 0.15) is 0 Å². The van der Waals surface area contributed by atoms with Gasteiger partial charge in [0.15, 0.2) is 0 Å². The molecule has 0 saturated heterocycles. The van der Waals surface area contributed by atoms with Gasteiger partial charge >= 0.3 is 6.03 Å². The summed E-state index contributed by atoms with van der Waals surface area (Å²) >= 11 is 5.90. The number of hydrogen-bond acceptors (Lipinski definition) is 1. The Morgan fingerprint density at radius 1 is 1.39 bits per heavy atom. The minimum Gasteiger partial charge on any atom is -0.334 e. The van der Waals surface area contributed by atoms with Gasteiger partial charge in [-0.3, -0.25) is 0 Å². The highest BCUT2D eigenvalue weighted by atomic mass is 35.5. The monoisotopic (exact) mass is 268 g/mol. The fourth-order valence-electron chi connectivity index (χ4n) is 1.84. The van der Waals surface area contributed by atoms with E-state index in [1.165, 1.54) is 0 Å². The Hall–Kier alpha value is -1.22. The normalized spacial score (nSPS) is 11.2. The van der Waals surface area contributed by atoms with E-state index in [2.05, 4.69) is 5.32 Å². The molecule has 0 unspecified atom stereocenters. The summed E-state index contributed by atoms with van der Waals surface area (Å²) in [7, 11) is 0. The van der Waals surface area contributed by atoms with Gasteiger partial charge in [0.2, 0.25) is 0 Å². The molecule has 0 spiro atoms. The molecule has 1 rings (SSSR count). The number of halogens is 1. The molecule has 2 amide bonds. The molecule has 0 radical (unpaired) electrons. The maximum absolute atomic E-state index is 12.1. The number of nitrogens with zero attached hydrogens (tertiary/aromatic N) is 1. The number of rotatable bonds is 3. The summed E-state index contributed by atoms with van der Waals surface area (Å²) in [4.78, 5) is 13.9. The first-order valence-corrected chi connectivity index (χ1v) is 6.52. The molecule has 1 aromatic carbocycles. The molecule has 1 aromatic rings. The summed E-state index contributed by atoms with van der Waals surface area (Å²) in [5.41, 5.74) is 0.827. The highest BCUT2D eigenvalue weighted by Crippen LogP contribution is 2.14. The van der Waals surface area contributed by atoms with E-state index in [4.69, 9.17) is 11.6 Å². The highest BCUT2D eigenvalue weighted by molar-refractivity contribution is 6.30. The van der Waals surface area contributed by atoms with E-state index in [0.29, 0.717) is 18.1 Å². The van der Waals surface area contributed by atoms with E-state index in [1.54, 1.807) is 4.90 Å². The van der Waals surface area contributed by atoms with Crippen molar-refractivity contribution in [1.29, 1.82) is 0 Å². The topological polar surface area (TPSA) is 32.3 Å². The van der Waals surface area contributed by atoms with Crippen LogP contribution in [0.1, 0.15) is 33.3 Å². The van der Waals surface area contributed by atoms with E-state index in [-0.39, 0.29) is 11.6 Å². The Bertz CT molecular complexity index is 413. The van der Waals surface area contributed by atoms with Gasteiger partial charge in [0.25, 0.3) is 0 Å². The first-order valence-electron chi connectivity index (χ1n) is 6.14. The molecule has 0 bridgehead atoms. The highest BCUT2D eigenvalue weighted by Gasteiger charge is 2.24. The van der Waals surface area contributed by atoms with Gasteiger partial charge in [0.05, 0.1) is 0 Å². The van der Waals surface area contributed by atoms with Crippen LogP contribution in [-0.4, -0.2) is 23.0 Å². The van der Waals surface area contributed by atoms with Crippen LogP contribution in [0.25, 0.3) is 0 Å². The molecular weight excluding hydrogens is 248 g/mol. The van der Waals surface area contributed by atoms with Crippen molar-refractivity contribution < 1.29 is 4.79 Å². The predicted octanol–water partition coefficient (Wildman–Crippen LogP) is 3.67. The van der Waals surface area contributed by atoms with Crippen molar-refractivity contribution >= 4 is 17.6 Å². The quantitative estimate of drug-likeness (QED) is 0.891. The van der Waals surface area contributed by atoms with Gasteiger partial charge in [0, 0.05) is 23.7 Å². The summed E-state index contributed by atoms with van der Waals surface area (Å²) in [6, 6.07) is 7.45. The van der Waals surface area contributed by atoms with Crippen molar-refractivity contribution in [3.05, 3.63) is 34.9 Å². The number of hydrogen-bond donors (Lipinski definition) is 1. The number of carbonyl (C=O) groups is 1. The van der Waals surface area contributed by atoms with Gasteiger partial charge < -0.3 is 10.2 Å². The second-order valence-corrected chi connectivity index (χ2v) is 5.64. The largest absolute Gasteiger partial charge is 0.334 e. The van der Waals surface area contributed by atoms with Crippen molar-refractivity contribution in [2.45, 2.75) is 39.8 Å². The summed E-state index contributed by atoms with van der Waals surface area (Å²) in [6.45, 7) is 9.22. The minimum atomic E-state index is -0.173. The molecule has 0 heterocycles. The summed E-state index contributed by atoms with van der Waals surface area (Å²) in [5.74, 6) is 0. The van der Waals surface area contributed by atoms with Crippen LogP contribution >= 0.6 is 11.6 Å². The lowest BCUT2D eigenvalue weighted by Crippen LogP contribution is -2.49. The average Bonchev–Trinajstić information content (AvgIpc) is 2.25. The summed E-state index contributed by atoms with van der Waals surface area (Å²) in [6.07, 6.45) is 0. The van der Waals surface area contributed by atoms with Crippen LogP contribution in [0.2, 0.25) is 5.02 Å². The van der Waals surface area contributed by atoms with Crippen LogP contribution < -0.4 is 5.32 Å². The molecule has 4 heteroatoms. The van der Waals surface area contributed by atoms with Gasteiger partial charge in [-0.05, 0) is 45.4 Å². The predicted molar refractivity (Wildman–Crippen MR) is 75.8 cm³/mol. The molecule has 0 aliphatic heterocycles. The van der Waals surface area contributed by atoms with Gasteiger partial charge in [-0.2, -0.15) is 0 Å². The van der Waals surface area contributed by atoms with E-state index < -0.39 is 0 Å². The lowest BCUT2D eigenvalue weighted by molar-refractivity contribution is 0.149. The van der Waals surface area contributed by atoms with Gasteiger partial charge in [-0.15, -0.1) is 0 Å². The minimum absolute atomic E-state index is 0.0509. The third-order valence-corrected chi connectivity index (χ3v) is 2.94. The van der Waals surface area contributed by atoms with Crippen LogP contribution in [0.5, 0.6) is 0 Å². The van der Waals surface area contributed by atoms with Crippen molar-refractivity contribution in [3.63, 3.8) is 0 Å². The van der Waals surface area contributed by atoms with Crippen molar-refractivity contribution in [2.75, 3.05) is 6.54 Å². The molecule has 0 saturated carbocycles. The molecule has 0 fully saturated rings. The second kappa shape index (κ2) is 6.10. The first kappa shape index (κ1) is 14.8. The third-order valence-electron chi connectivity index (χ3n) is 2.70. The molecule has 3 nitrogen and oxygen atoms in total. The zero-order valence-electron chi connectivity index (χ0n) is 11.5. The number of carbonyl (C=O) groups excluding carboxylic acids is 1. The van der Waals surface area contributed by atoms with Crippen molar-refractivity contribution in [2.24, 2.45) is 0 Å². The van der Waals surface area contributed by atoms with Crippen LogP contribution in [0, 0.1) is 0 Å². The second-order valence-electron chi connectivity index (χ2n) is 5.20. The molecule has 0 atom stereocenters. The maximum Gasteiger partial charge on any atom is 0.318 e. The Kier molecular flexibility index (Phi) is 5.03. The van der Waals surface area contributed by atoms with E-state index in [1.807, 2.05) is 52.0 Å². The average molecular weight is 269 g/mol. The zero-order chi connectivity index (χ0) is 13.8. The Labute approximate surface area is 114 Å². The number of benzene rings is 1. The molecule has 0 aliphatic rings. The molecule has 0 aliphatic carbocycles. The third kappa shape index (κ3) is 4.22. The molecular formula is C14H21ClN2O. The molecule has 1 N–H and O–H groups in total. The molecule has 18 heavy (non-hydrogen) atoms. The molecule has 100 valence electrons. The first-order chi connectivity index (χ1) is 8.34. The SMILES string of the molecule is CCN(C(=O)NCc1cccc(Cl)c1)C(C)(C)C. The fourth-order valence-corrected chi connectivity index (χ4v) is 2.06. The van der Waals surface area contributed by atoms with Crippen LogP contribution in [0.4, 0.5) is 4.79 Å². The van der Waals surface area contributed by atoms with E-state index >= 15 is 0 Å². The lowest BCUT2D eigenvalue weighted by Gasteiger charge is -2.34.